The van der Waals surface area contributed by atoms with Gasteiger partial charge in [0.2, 0.25) is 0 Å². The van der Waals surface area contributed by atoms with Crippen molar-refractivity contribution < 1.29 is 47.1 Å². The van der Waals surface area contributed by atoms with E-state index < -0.39 is 72.0 Å². The molecule has 3 saturated heterocycles. The fourth-order valence-electron chi connectivity index (χ4n) is 9.22. The van der Waals surface area contributed by atoms with Gasteiger partial charge in [-0.05, 0) is 98.5 Å². The normalized spacial score (nSPS) is 34.1. The molecule has 1 amide bonds. The minimum Gasteiger partial charge on any atom is -0.458 e. The summed E-state index contributed by atoms with van der Waals surface area (Å²) in [6.45, 7) is 14.9. The quantitative estimate of drug-likeness (QED) is 0.114. The van der Waals surface area contributed by atoms with Gasteiger partial charge in [-0.2, -0.15) is 3.89 Å². The zero-order valence-corrected chi connectivity index (χ0v) is 38.7. The third-order valence-corrected chi connectivity index (χ3v) is 12.4. The van der Waals surface area contributed by atoms with E-state index in [0.717, 1.165) is 17.7 Å². The Morgan fingerprint density at radius 1 is 1.13 bits per heavy atom. The minimum absolute atomic E-state index is 0.00550. The Morgan fingerprint density at radius 3 is 2.46 bits per heavy atom. The first-order valence-electron chi connectivity index (χ1n) is 21.4. The predicted octanol–water partition coefficient (Wildman–Crippen LogP) is 5.27. The smallest absolute Gasteiger partial charge is 0.410 e. The number of hydrogen-bond donors (Lipinski definition) is 3. The van der Waals surface area contributed by atoms with Gasteiger partial charge < -0.3 is 44.7 Å². The van der Waals surface area contributed by atoms with Crippen LogP contribution in [-0.2, 0) is 39.8 Å². The number of Topliss-reactive ketones (excluding diaryl/α,β-unsaturated/α-hetero) is 1. The van der Waals surface area contributed by atoms with Crippen LogP contribution in [0.5, 0.6) is 0 Å². The summed E-state index contributed by atoms with van der Waals surface area (Å²) in [4.78, 5) is 45.2. The van der Waals surface area contributed by atoms with Crippen LogP contribution in [0, 0.1) is 11.8 Å². The summed E-state index contributed by atoms with van der Waals surface area (Å²) in [7, 11) is 5.38. The number of unbranched alkanes of at least 4 members (excludes halogenated alkanes) is 1. The highest BCUT2D eigenvalue weighted by Gasteiger charge is 2.58. The number of nitrogens with zero attached hydrogens (tertiary/aromatic N) is 5. The lowest BCUT2D eigenvalue weighted by atomic mass is 9.80. The number of carbonyl (C=O) groups is 3. The van der Waals surface area contributed by atoms with Crippen LogP contribution in [0.15, 0.2) is 30.5 Å². The molecule has 2 aromatic rings. The molecule has 5 rings (SSSR count). The number of carbonyl (C=O) groups excluding carboxylic acids is 3. The molecule has 16 nitrogen and oxygen atoms in total. The number of benzene rings is 1. The minimum atomic E-state index is -1.22. The van der Waals surface area contributed by atoms with Gasteiger partial charge in [-0.3, -0.25) is 19.2 Å². The van der Waals surface area contributed by atoms with Crippen LogP contribution >= 0.6 is 12.1 Å². The Hall–Kier alpha value is -3.39. The van der Waals surface area contributed by atoms with Crippen LogP contribution in [0.25, 0.3) is 11.3 Å². The molecular weight excluding hydrogens is 810 g/mol. The average Bonchev–Trinajstić information content (AvgIpc) is 3.78. The molecule has 2 unspecified atom stereocenters. The van der Waals surface area contributed by atoms with E-state index in [2.05, 4.69) is 22.6 Å². The average molecular weight is 880 g/mol. The lowest BCUT2D eigenvalue weighted by Crippen LogP contribution is -2.60. The van der Waals surface area contributed by atoms with Crippen molar-refractivity contribution in [2.75, 3.05) is 46.3 Å². The molecular formula is C43H70FN7O9S. The highest BCUT2D eigenvalue weighted by Crippen LogP contribution is 2.40. The second-order valence-electron chi connectivity index (χ2n) is 17.5. The molecule has 3 aliphatic rings. The van der Waals surface area contributed by atoms with Gasteiger partial charge >= 0.3 is 12.1 Å². The van der Waals surface area contributed by atoms with Gasteiger partial charge in [-0.15, -0.1) is 5.10 Å². The largest absolute Gasteiger partial charge is 0.458 e. The number of likely N-dealkylation sites (N-methyl/N-ethyl adjacent to an activating group) is 1. The molecule has 18 heteroatoms. The number of cyclic esters (lactones) is 1. The molecule has 0 saturated carbocycles. The first-order chi connectivity index (χ1) is 28.8. The van der Waals surface area contributed by atoms with Gasteiger partial charge in [-0.1, -0.05) is 38.1 Å². The molecule has 4 heterocycles. The summed E-state index contributed by atoms with van der Waals surface area (Å²) in [5.41, 5.74) is 5.97. The molecule has 4 N–H and O–H groups in total. The van der Waals surface area contributed by atoms with Crippen molar-refractivity contribution in [1.29, 1.82) is 0 Å². The van der Waals surface area contributed by atoms with Crippen LogP contribution < -0.4 is 11.1 Å². The standard InChI is InChI=1S/C42H67N7O9.CH3FS/c1-11-34-42(7)37(49(40(53)58-42)18-13-12-17-48-24-31(45-46-48)29-15-14-16-30(43)20-29)28(5)44-23-25(2)22-41(6,54-10)38(27(4)33(50)21-35(51)56-34)57-39-36(52)32(47(8)9)19-26(3)55-39;1-3-2/h14-16,20,24-28,32,34,36-39,44,52H,11-13,17-19,21-23,43H2,1-10H3;1H3/t25-,26-,27+,28-,32?,34-,36?,37-,38-,39+,41-,42-;/m1./s1. The fourth-order valence-corrected chi connectivity index (χ4v) is 9.22. The number of ketones is 1. The summed E-state index contributed by atoms with van der Waals surface area (Å²) in [6.07, 6.45) is 1.12. The molecule has 12 atom stereocenters. The number of rotatable bonds is 11. The molecule has 0 radical (unpaired) electrons. The van der Waals surface area contributed by atoms with Crippen LogP contribution in [0.4, 0.5) is 14.4 Å². The molecule has 0 bridgehead atoms. The molecule has 3 aliphatic heterocycles. The maximum atomic E-state index is 14.0. The SMILES string of the molecule is CC[C@H]1OC(=O)CC(=O)[C@H](C)[C@@H](O[C@@H]2O[C@H](C)CC(N(C)C)C2O)[C@](C)(OC)C[C@@H](C)CN[C@H](C)[C@H]2N(CCCCn3cc(-c4cccc(N)c4)nn3)C(=O)O[C@]12C.CSF. The molecule has 0 aliphatic carbocycles. The summed E-state index contributed by atoms with van der Waals surface area (Å²) < 4.78 is 43.2. The number of nitrogen functional groups attached to an aromatic ring is 1. The van der Waals surface area contributed by atoms with Crippen LogP contribution in [0.1, 0.15) is 87.0 Å². The number of aliphatic hydroxyl groups is 1. The Bertz CT molecular complexity index is 1740. The van der Waals surface area contributed by atoms with E-state index in [-0.39, 0.29) is 36.3 Å². The maximum Gasteiger partial charge on any atom is 0.410 e. The molecule has 1 aromatic heterocycles. The monoisotopic (exact) mass is 879 g/mol. The highest BCUT2D eigenvalue weighted by molar-refractivity contribution is 7.93. The van der Waals surface area contributed by atoms with E-state index >= 15 is 0 Å². The number of esters is 1. The zero-order valence-electron chi connectivity index (χ0n) is 37.8. The number of nitrogens with two attached hydrogens (primary N) is 1. The van der Waals surface area contributed by atoms with E-state index in [1.165, 1.54) is 6.26 Å². The molecule has 0 spiro atoms. The van der Waals surface area contributed by atoms with Crippen LogP contribution in [-0.4, -0.2) is 148 Å². The molecule has 1 aromatic carbocycles. The summed E-state index contributed by atoms with van der Waals surface area (Å²) >= 11 is 0.250. The Labute approximate surface area is 365 Å². The second kappa shape index (κ2) is 22.3. The maximum absolute atomic E-state index is 14.0. The number of nitrogens with one attached hydrogen (secondary N) is 1. The Morgan fingerprint density at radius 2 is 1.82 bits per heavy atom. The summed E-state index contributed by atoms with van der Waals surface area (Å²) in [5.74, 6) is -1.96. The molecule has 344 valence electrons. The van der Waals surface area contributed by atoms with Gasteiger partial charge in [-0.25, -0.2) is 4.79 Å². The molecule has 61 heavy (non-hydrogen) atoms. The first kappa shape index (κ1) is 50.3. The third kappa shape index (κ3) is 12.4. The topological polar surface area (TPSA) is 193 Å². The van der Waals surface area contributed by atoms with Crippen molar-refractivity contribution in [2.45, 2.75) is 154 Å². The predicted molar refractivity (Wildman–Crippen MR) is 232 cm³/mol. The number of hydrogen-bond acceptors (Lipinski definition) is 15. The van der Waals surface area contributed by atoms with Gasteiger partial charge in [0, 0.05) is 67.9 Å². The lowest BCUT2D eigenvalue weighted by molar-refractivity contribution is -0.295. The van der Waals surface area contributed by atoms with Gasteiger partial charge in [0.05, 0.1) is 30.0 Å². The summed E-state index contributed by atoms with van der Waals surface area (Å²) in [5, 5.41) is 23.7. The highest BCUT2D eigenvalue weighted by atomic mass is 32.2. The Balaban J connectivity index is 0.00000265. The Kier molecular flexibility index (Phi) is 18.4. The number of ether oxygens (including phenoxy) is 5. The summed E-state index contributed by atoms with van der Waals surface area (Å²) in [6, 6.07) is 6.47. The molecule has 3 fully saturated rings. The number of fused-ring (bicyclic) bond motifs is 1. The fraction of sp³-hybridized carbons (Fsp3) is 0.744. The third-order valence-electron chi connectivity index (χ3n) is 12.4. The van der Waals surface area contributed by atoms with Gasteiger partial charge in [0.15, 0.2) is 11.9 Å². The van der Waals surface area contributed by atoms with E-state index in [0.29, 0.717) is 51.0 Å². The first-order valence-corrected chi connectivity index (χ1v) is 22.5. The van der Waals surface area contributed by atoms with E-state index in [4.69, 9.17) is 29.4 Å². The van der Waals surface area contributed by atoms with E-state index in [1.54, 1.807) is 23.6 Å². The number of aromatic nitrogens is 3. The number of halogens is 1. The lowest BCUT2D eigenvalue weighted by Gasteiger charge is -2.46. The van der Waals surface area contributed by atoms with E-state index in [9.17, 15) is 23.4 Å². The van der Waals surface area contributed by atoms with Crippen molar-refractivity contribution in [2.24, 2.45) is 11.8 Å². The van der Waals surface area contributed by atoms with Gasteiger partial charge in [0.25, 0.3) is 0 Å². The van der Waals surface area contributed by atoms with Crippen LogP contribution in [0.2, 0.25) is 0 Å². The van der Waals surface area contributed by atoms with Crippen molar-refractivity contribution >= 4 is 35.7 Å². The van der Waals surface area contributed by atoms with Gasteiger partial charge in [0.1, 0.15) is 30.1 Å². The van der Waals surface area contributed by atoms with Crippen molar-refractivity contribution in [3.63, 3.8) is 0 Å². The number of aliphatic hydroxyl groups excluding tert-OH is 1. The number of methoxy groups -OCH3 is 1. The van der Waals surface area contributed by atoms with E-state index in [1.807, 2.05) is 84.1 Å². The zero-order chi connectivity index (χ0) is 45.2. The van der Waals surface area contributed by atoms with Crippen molar-refractivity contribution in [1.82, 2.24) is 30.1 Å². The number of anilines is 1. The number of amides is 1. The van der Waals surface area contributed by atoms with Crippen molar-refractivity contribution in [3.8, 4) is 11.3 Å². The second-order valence-corrected chi connectivity index (χ2v) is 17.8. The van der Waals surface area contributed by atoms with Crippen LogP contribution in [0.3, 0.4) is 0 Å². The number of aryl methyl sites for hydroxylation is 1. The van der Waals surface area contributed by atoms with Crippen molar-refractivity contribution in [3.05, 3.63) is 30.5 Å².